The van der Waals surface area contributed by atoms with Crippen molar-refractivity contribution >= 4 is 34.9 Å². The Morgan fingerprint density at radius 1 is 1.50 bits per heavy atom. The molecule has 0 aliphatic rings. The van der Waals surface area contributed by atoms with Crippen molar-refractivity contribution in [2.24, 2.45) is 0 Å². The van der Waals surface area contributed by atoms with E-state index in [4.69, 9.17) is 23.2 Å². The van der Waals surface area contributed by atoms with Crippen molar-refractivity contribution in [3.63, 3.8) is 0 Å². The highest BCUT2D eigenvalue weighted by atomic mass is 35.5. The number of ether oxygens (including phenoxy) is 1. The molecule has 0 aliphatic heterocycles. The molecule has 0 spiro atoms. The van der Waals surface area contributed by atoms with Crippen LogP contribution in [0.25, 0.3) is 0 Å². The number of nitrogens with zero attached hydrogens (tertiary/aromatic N) is 3. The minimum atomic E-state index is -0.781. The van der Waals surface area contributed by atoms with Crippen LogP contribution in [0.3, 0.4) is 0 Å². The van der Waals surface area contributed by atoms with Gasteiger partial charge in [0.05, 0.1) is 18.5 Å². The van der Waals surface area contributed by atoms with Crippen molar-refractivity contribution in [2.45, 2.75) is 6.42 Å². The van der Waals surface area contributed by atoms with E-state index in [0.717, 1.165) is 7.11 Å². The van der Waals surface area contributed by atoms with E-state index in [1.165, 1.54) is 0 Å². The summed E-state index contributed by atoms with van der Waals surface area (Å²) in [7, 11) is 1.15. The second-order valence-electron chi connectivity index (χ2n) is 2.59. The number of hydrogen-bond acceptors (Lipinski definition) is 6. The Bertz CT molecular complexity index is 452. The molecule has 7 nitrogen and oxygen atoms in total. The molecule has 0 unspecified atom stereocenters. The molecule has 1 aromatic rings. The lowest BCUT2D eigenvalue weighted by molar-refractivity contribution is -0.386. The van der Waals surface area contributed by atoms with E-state index in [1.807, 2.05) is 0 Å². The molecule has 1 heterocycles. The number of nitro groups is 1. The Labute approximate surface area is 99.5 Å². The summed E-state index contributed by atoms with van der Waals surface area (Å²) >= 11 is 11.0. The third kappa shape index (κ3) is 2.77. The molecule has 0 saturated heterocycles. The van der Waals surface area contributed by atoms with Crippen LogP contribution in [0.2, 0.25) is 10.4 Å². The molecule has 1 aromatic heterocycles. The number of carbonyl (C=O) groups excluding carboxylic acids is 1. The SMILES string of the molecule is COC(=O)Cc1nc(Cl)nc(Cl)c1[N+](=O)[O-]. The van der Waals surface area contributed by atoms with Crippen LogP contribution >= 0.6 is 23.2 Å². The highest BCUT2D eigenvalue weighted by Gasteiger charge is 2.25. The maximum Gasteiger partial charge on any atom is 0.328 e. The largest absolute Gasteiger partial charge is 0.469 e. The van der Waals surface area contributed by atoms with Crippen molar-refractivity contribution in [2.75, 3.05) is 7.11 Å². The molecule has 0 aliphatic carbocycles. The van der Waals surface area contributed by atoms with Gasteiger partial charge in [0.2, 0.25) is 10.4 Å². The minimum absolute atomic E-state index is 0.179. The van der Waals surface area contributed by atoms with Crippen LogP contribution in [0.5, 0.6) is 0 Å². The minimum Gasteiger partial charge on any atom is -0.469 e. The molecule has 0 bridgehead atoms. The summed E-state index contributed by atoms with van der Waals surface area (Å²) in [5, 5.41) is 9.99. The third-order valence-corrected chi connectivity index (χ3v) is 2.04. The van der Waals surface area contributed by atoms with Gasteiger partial charge < -0.3 is 4.74 Å². The summed E-state index contributed by atoms with van der Waals surface area (Å²) in [4.78, 5) is 27.9. The Hall–Kier alpha value is -1.47. The number of esters is 1. The topological polar surface area (TPSA) is 95.2 Å². The van der Waals surface area contributed by atoms with Gasteiger partial charge in [-0.25, -0.2) is 4.98 Å². The van der Waals surface area contributed by atoms with Gasteiger partial charge in [0.1, 0.15) is 5.69 Å². The van der Waals surface area contributed by atoms with Gasteiger partial charge in [-0.15, -0.1) is 0 Å². The van der Waals surface area contributed by atoms with Gasteiger partial charge in [0.25, 0.3) is 0 Å². The van der Waals surface area contributed by atoms with E-state index < -0.39 is 28.2 Å². The van der Waals surface area contributed by atoms with Crippen LogP contribution in [0.15, 0.2) is 0 Å². The van der Waals surface area contributed by atoms with E-state index in [9.17, 15) is 14.9 Å². The van der Waals surface area contributed by atoms with Gasteiger partial charge in [0, 0.05) is 0 Å². The summed E-state index contributed by atoms with van der Waals surface area (Å²) < 4.78 is 4.36. The lowest BCUT2D eigenvalue weighted by Gasteiger charge is -2.02. The quantitative estimate of drug-likeness (QED) is 0.270. The molecule has 0 amide bonds. The number of halogens is 2. The molecule has 0 fully saturated rings. The van der Waals surface area contributed by atoms with Crippen molar-refractivity contribution in [1.29, 1.82) is 0 Å². The highest BCUT2D eigenvalue weighted by Crippen LogP contribution is 2.27. The van der Waals surface area contributed by atoms with Crippen molar-refractivity contribution in [3.8, 4) is 0 Å². The van der Waals surface area contributed by atoms with Gasteiger partial charge in [-0.05, 0) is 11.6 Å². The zero-order valence-electron chi connectivity index (χ0n) is 7.94. The van der Waals surface area contributed by atoms with Crippen molar-refractivity contribution < 1.29 is 14.5 Å². The standard InChI is InChI=1S/C7H5Cl2N3O4/c1-16-4(13)2-3-5(12(14)15)6(8)11-7(9)10-3/h2H2,1H3. The Morgan fingerprint density at radius 3 is 2.62 bits per heavy atom. The average molecular weight is 266 g/mol. The van der Waals surface area contributed by atoms with Crippen LogP contribution in [0, 0.1) is 10.1 Å². The molecular formula is C7H5Cl2N3O4. The van der Waals surface area contributed by atoms with Gasteiger partial charge in [-0.3, -0.25) is 14.9 Å². The lowest BCUT2D eigenvalue weighted by atomic mass is 10.2. The fraction of sp³-hybridized carbons (Fsp3) is 0.286. The fourth-order valence-corrected chi connectivity index (χ4v) is 1.44. The Morgan fingerprint density at radius 2 is 2.12 bits per heavy atom. The third-order valence-electron chi connectivity index (χ3n) is 1.61. The molecule has 86 valence electrons. The number of rotatable bonds is 3. The van der Waals surface area contributed by atoms with Crippen molar-refractivity contribution in [1.82, 2.24) is 9.97 Å². The molecule has 9 heteroatoms. The second-order valence-corrected chi connectivity index (χ2v) is 3.28. The summed E-state index contributed by atoms with van der Waals surface area (Å²) in [6.07, 6.45) is -0.394. The van der Waals surface area contributed by atoms with Crippen LogP contribution in [0.4, 0.5) is 5.69 Å². The normalized spacial score (nSPS) is 9.94. The maximum absolute atomic E-state index is 11.0. The number of methoxy groups -OCH3 is 1. The van der Waals surface area contributed by atoms with E-state index in [1.54, 1.807) is 0 Å². The van der Waals surface area contributed by atoms with E-state index in [-0.39, 0.29) is 11.0 Å². The zero-order valence-corrected chi connectivity index (χ0v) is 9.45. The first-order valence-corrected chi connectivity index (χ1v) is 4.64. The van der Waals surface area contributed by atoms with E-state index in [0.29, 0.717) is 0 Å². The molecule has 0 atom stereocenters. The molecule has 0 radical (unpaired) electrons. The van der Waals surface area contributed by atoms with Crippen LogP contribution < -0.4 is 0 Å². The fourth-order valence-electron chi connectivity index (χ4n) is 0.955. The molecule has 0 aromatic carbocycles. The average Bonchev–Trinajstić information content (AvgIpc) is 2.15. The highest BCUT2D eigenvalue weighted by molar-refractivity contribution is 6.33. The molecule has 0 saturated carbocycles. The summed E-state index contributed by atoms with van der Waals surface area (Å²) in [6, 6.07) is 0. The van der Waals surface area contributed by atoms with Gasteiger partial charge in [-0.2, -0.15) is 4.98 Å². The van der Waals surface area contributed by atoms with E-state index >= 15 is 0 Å². The van der Waals surface area contributed by atoms with Crippen LogP contribution in [0.1, 0.15) is 5.69 Å². The summed E-state index contributed by atoms with van der Waals surface area (Å²) in [6.45, 7) is 0. The van der Waals surface area contributed by atoms with Crippen molar-refractivity contribution in [3.05, 3.63) is 26.2 Å². The predicted octanol–water partition coefficient (Wildman–Crippen LogP) is 1.41. The monoisotopic (exact) mass is 265 g/mol. The first-order chi connectivity index (χ1) is 7.45. The molecule has 1 rings (SSSR count). The van der Waals surface area contributed by atoms with Gasteiger partial charge in [-0.1, -0.05) is 11.6 Å². The number of hydrogen-bond donors (Lipinski definition) is 0. The first kappa shape index (κ1) is 12.6. The van der Waals surface area contributed by atoms with Crippen LogP contribution in [-0.2, 0) is 16.0 Å². The number of carbonyl (C=O) groups is 1. The number of aromatic nitrogens is 2. The maximum atomic E-state index is 11.0. The molecule has 16 heavy (non-hydrogen) atoms. The predicted molar refractivity (Wildman–Crippen MR) is 54.4 cm³/mol. The smallest absolute Gasteiger partial charge is 0.328 e. The van der Waals surface area contributed by atoms with Gasteiger partial charge in [0.15, 0.2) is 0 Å². The zero-order chi connectivity index (χ0) is 12.3. The second kappa shape index (κ2) is 5.04. The first-order valence-electron chi connectivity index (χ1n) is 3.88. The van der Waals surface area contributed by atoms with Crippen LogP contribution in [-0.4, -0.2) is 28.0 Å². The Balaban J connectivity index is 3.24. The van der Waals surface area contributed by atoms with Gasteiger partial charge >= 0.3 is 11.7 Å². The molecular weight excluding hydrogens is 261 g/mol. The molecule has 0 N–H and O–H groups in total. The van der Waals surface area contributed by atoms with E-state index in [2.05, 4.69) is 14.7 Å². The Kier molecular flexibility index (Phi) is 3.97. The lowest BCUT2D eigenvalue weighted by Crippen LogP contribution is -2.10. The summed E-state index contributed by atoms with van der Waals surface area (Å²) in [5.41, 5.74) is -0.724. The summed E-state index contributed by atoms with van der Waals surface area (Å²) in [5.74, 6) is -0.686.